The number of fused-ring (bicyclic) bond motifs is 1. The molecule has 6 heteroatoms. The summed E-state index contributed by atoms with van der Waals surface area (Å²) in [6.45, 7) is 1.50. The van der Waals surface area contributed by atoms with Crippen LogP contribution in [-0.2, 0) is 9.53 Å². The predicted octanol–water partition coefficient (Wildman–Crippen LogP) is 3.93. The molecule has 0 aliphatic carbocycles. The number of amides is 1. The maximum atomic E-state index is 12.0. The number of carbonyl (C=O) groups is 2. The number of benzene rings is 2. The predicted molar refractivity (Wildman–Crippen MR) is 93.4 cm³/mol. The Hall–Kier alpha value is -2.79. The fraction of sp³-hybridized carbons (Fsp3) is 0.111. The number of hydrogen-bond donors (Lipinski definition) is 2. The smallest absolute Gasteiger partial charge is 0.355 e. The Kier molecular flexibility index (Phi) is 4.53. The van der Waals surface area contributed by atoms with Gasteiger partial charge in [-0.1, -0.05) is 35.9 Å². The Labute approximate surface area is 143 Å². The van der Waals surface area contributed by atoms with E-state index in [4.69, 9.17) is 16.3 Å². The average Bonchev–Trinajstić information content (AvgIpc) is 3.00. The number of hydrogen-bond acceptors (Lipinski definition) is 3. The van der Waals surface area contributed by atoms with Crippen LogP contribution in [0.15, 0.2) is 48.5 Å². The van der Waals surface area contributed by atoms with Gasteiger partial charge in [-0.15, -0.1) is 0 Å². The molecule has 0 unspecified atom stereocenters. The molecule has 3 rings (SSSR count). The Morgan fingerprint density at radius 1 is 1.17 bits per heavy atom. The number of esters is 1. The van der Waals surface area contributed by atoms with E-state index in [1.165, 1.54) is 0 Å². The highest BCUT2D eigenvalue weighted by molar-refractivity contribution is 6.31. The van der Waals surface area contributed by atoms with E-state index < -0.39 is 11.9 Å². The first kappa shape index (κ1) is 16.1. The Bertz CT molecular complexity index is 885. The third-order valence-corrected chi connectivity index (χ3v) is 3.95. The fourth-order valence-corrected chi connectivity index (χ4v) is 2.44. The molecule has 0 saturated carbocycles. The van der Waals surface area contributed by atoms with Gasteiger partial charge in [-0.05, 0) is 36.8 Å². The molecule has 2 aromatic carbocycles. The van der Waals surface area contributed by atoms with Gasteiger partial charge in [0, 0.05) is 21.6 Å². The summed E-state index contributed by atoms with van der Waals surface area (Å²) >= 11 is 6.00. The van der Waals surface area contributed by atoms with Gasteiger partial charge in [0.15, 0.2) is 6.61 Å². The van der Waals surface area contributed by atoms with Crippen molar-refractivity contribution in [2.75, 3.05) is 11.9 Å². The van der Waals surface area contributed by atoms with E-state index in [9.17, 15) is 9.59 Å². The monoisotopic (exact) mass is 342 g/mol. The SMILES string of the molecule is Cc1ccc(NC(=O)COC(=O)c2cc3ccccc3[nH]2)cc1Cl. The van der Waals surface area contributed by atoms with Gasteiger partial charge < -0.3 is 15.0 Å². The number of aromatic amines is 1. The van der Waals surface area contributed by atoms with Crippen molar-refractivity contribution in [3.8, 4) is 0 Å². The number of anilines is 1. The standard InChI is InChI=1S/C18H15ClN2O3/c1-11-6-7-13(9-14(11)19)20-17(22)10-24-18(23)16-8-12-4-2-3-5-15(12)21-16/h2-9,21H,10H2,1H3,(H,20,22). The van der Waals surface area contributed by atoms with Crippen molar-refractivity contribution < 1.29 is 14.3 Å². The highest BCUT2D eigenvalue weighted by Gasteiger charge is 2.13. The summed E-state index contributed by atoms with van der Waals surface area (Å²) in [4.78, 5) is 26.8. The van der Waals surface area contributed by atoms with Gasteiger partial charge in [0.1, 0.15) is 5.69 Å². The van der Waals surface area contributed by atoms with Gasteiger partial charge in [0.05, 0.1) is 0 Å². The van der Waals surface area contributed by atoms with Crippen LogP contribution in [0, 0.1) is 6.92 Å². The van der Waals surface area contributed by atoms with Crippen LogP contribution in [0.2, 0.25) is 5.02 Å². The average molecular weight is 343 g/mol. The number of rotatable bonds is 4. The first-order valence-corrected chi connectivity index (χ1v) is 7.71. The summed E-state index contributed by atoms with van der Waals surface area (Å²) in [5.41, 5.74) is 2.61. The largest absolute Gasteiger partial charge is 0.451 e. The lowest BCUT2D eigenvalue weighted by Crippen LogP contribution is -2.21. The second-order valence-electron chi connectivity index (χ2n) is 5.36. The third-order valence-electron chi connectivity index (χ3n) is 3.54. The molecule has 5 nitrogen and oxygen atoms in total. The molecule has 24 heavy (non-hydrogen) atoms. The van der Waals surface area contributed by atoms with Crippen LogP contribution in [0.1, 0.15) is 16.1 Å². The summed E-state index contributed by atoms with van der Waals surface area (Å²) in [6, 6.07) is 14.4. The van der Waals surface area contributed by atoms with Gasteiger partial charge >= 0.3 is 5.97 Å². The molecule has 3 aromatic rings. The van der Waals surface area contributed by atoms with E-state index in [-0.39, 0.29) is 6.61 Å². The van der Waals surface area contributed by atoms with Crippen LogP contribution in [0.4, 0.5) is 5.69 Å². The molecule has 0 aliphatic rings. The molecule has 2 N–H and O–H groups in total. The third kappa shape index (κ3) is 3.58. The molecule has 0 fully saturated rings. The van der Waals surface area contributed by atoms with E-state index in [2.05, 4.69) is 10.3 Å². The van der Waals surface area contributed by atoms with Crippen LogP contribution in [-0.4, -0.2) is 23.5 Å². The highest BCUT2D eigenvalue weighted by atomic mass is 35.5. The number of carbonyl (C=O) groups excluding carboxylic acids is 2. The van der Waals surface area contributed by atoms with Crippen LogP contribution >= 0.6 is 11.6 Å². The topological polar surface area (TPSA) is 71.2 Å². The second kappa shape index (κ2) is 6.76. The van der Waals surface area contributed by atoms with Crippen LogP contribution < -0.4 is 5.32 Å². The Morgan fingerprint density at radius 2 is 1.96 bits per heavy atom. The number of H-pyrrole nitrogens is 1. The van der Waals surface area contributed by atoms with Gasteiger partial charge in [0.25, 0.3) is 5.91 Å². The Morgan fingerprint density at radius 3 is 2.71 bits per heavy atom. The normalized spacial score (nSPS) is 10.6. The van der Waals surface area contributed by atoms with Crippen molar-refractivity contribution in [2.24, 2.45) is 0 Å². The first-order chi connectivity index (χ1) is 11.5. The van der Waals surface area contributed by atoms with E-state index in [0.717, 1.165) is 16.5 Å². The molecule has 0 spiro atoms. The van der Waals surface area contributed by atoms with Crippen molar-refractivity contribution in [3.63, 3.8) is 0 Å². The molecule has 1 aromatic heterocycles. The lowest BCUT2D eigenvalue weighted by atomic mass is 10.2. The second-order valence-corrected chi connectivity index (χ2v) is 5.77. The summed E-state index contributed by atoms with van der Waals surface area (Å²) in [6.07, 6.45) is 0. The minimum absolute atomic E-state index is 0.308. The van der Waals surface area contributed by atoms with E-state index in [1.807, 2.05) is 31.2 Å². The molecule has 1 heterocycles. The summed E-state index contributed by atoms with van der Waals surface area (Å²) in [5.74, 6) is -1.01. The summed E-state index contributed by atoms with van der Waals surface area (Å²) < 4.78 is 5.03. The molecule has 0 radical (unpaired) electrons. The Balaban J connectivity index is 1.59. The number of ether oxygens (including phenoxy) is 1. The minimum Gasteiger partial charge on any atom is -0.451 e. The fourth-order valence-electron chi connectivity index (χ4n) is 2.26. The van der Waals surface area contributed by atoms with Gasteiger partial charge in [-0.3, -0.25) is 4.79 Å². The van der Waals surface area contributed by atoms with Crippen LogP contribution in [0.5, 0.6) is 0 Å². The molecule has 0 aliphatic heterocycles. The maximum Gasteiger partial charge on any atom is 0.355 e. The number of nitrogens with one attached hydrogen (secondary N) is 2. The molecule has 0 atom stereocenters. The molecular formula is C18H15ClN2O3. The van der Waals surface area contributed by atoms with E-state index in [1.54, 1.807) is 24.3 Å². The van der Waals surface area contributed by atoms with Crippen molar-refractivity contribution in [2.45, 2.75) is 6.92 Å². The zero-order valence-corrected chi connectivity index (χ0v) is 13.7. The number of para-hydroxylation sites is 1. The molecule has 122 valence electrons. The summed E-state index contributed by atoms with van der Waals surface area (Å²) in [5, 5.41) is 4.10. The van der Waals surface area contributed by atoms with Gasteiger partial charge in [-0.25, -0.2) is 4.79 Å². The summed E-state index contributed by atoms with van der Waals surface area (Å²) in [7, 11) is 0. The molecule has 1 amide bonds. The number of aryl methyl sites for hydroxylation is 1. The molecule has 0 saturated heterocycles. The lowest BCUT2D eigenvalue weighted by Gasteiger charge is -2.07. The van der Waals surface area contributed by atoms with E-state index in [0.29, 0.717) is 16.4 Å². The zero-order chi connectivity index (χ0) is 17.1. The molecule has 0 bridgehead atoms. The number of halogens is 1. The quantitative estimate of drug-likeness (QED) is 0.706. The minimum atomic E-state index is -0.580. The molecular weight excluding hydrogens is 328 g/mol. The highest BCUT2D eigenvalue weighted by Crippen LogP contribution is 2.20. The number of aromatic nitrogens is 1. The zero-order valence-electron chi connectivity index (χ0n) is 12.9. The van der Waals surface area contributed by atoms with Crippen LogP contribution in [0.3, 0.4) is 0 Å². The van der Waals surface area contributed by atoms with Crippen LogP contribution in [0.25, 0.3) is 10.9 Å². The van der Waals surface area contributed by atoms with Gasteiger partial charge in [-0.2, -0.15) is 0 Å². The first-order valence-electron chi connectivity index (χ1n) is 7.34. The lowest BCUT2D eigenvalue weighted by molar-refractivity contribution is -0.119. The van der Waals surface area contributed by atoms with Crippen molar-refractivity contribution in [1.82, 2.24) is 4.98 Å². The van der Waals surface area contributed by atoms with Crippen molar-refractivity contribution in [1.29, 1.82) is 0 Å². The van der Waals surface area contributed by atoms with Crippen molar-refractivity contribution >= 4 is 40.1 Å². The van der Waals surface area contributed by atoms with Crippen molar-refractivity contribution in [3.05, 3.63) is 64.8 Å². The van der Waals surface area contributed by atoms with Gasteiger partial charge in [0.2, 0.25) is 0 Å². The maximum absolute atomic E-state index is 12.0. The van der Waals surface area contributed by atoms with E-state index >= 15 is 0 Å².